The second-order valence-electron chi connectivity index (χ2n) is 2.42. The third-order valence-electron chi connectivity index (χ3n) is 1.49. The van der Waals surface area contributed by atoms with E-state index in [0.29, 0.717) is 5.88 Å². The highest BCUT2D eigenvalue weighted by atomic mass is 35.5. The Balaban J connectivity index is 2.56. The summed E-state index contributed by atoms with van der Waals surface area (Å²) in [6.45, 7) is 0. The van der Waals surface area contributed by atoms with Crippen LogP contribution in [0.15, 0.2) is 24.3 Å². The van der Waals surface area contributed by atoms with Crippen LogP contribution >= 0.6 is 11.6 Å². The predicted molar refractivity (Wildman–Crippen MR) is 45.4 cm³/mol. The maximum absolute atomic E-state index is 12.6. The summed E-state index contributed by atoms with van der Waals surface area (Å²) in [6, 6.07) is 6.63. The first kappa shape index (κ1) is 8.54. The molecule has 0 atom stereocenters. The lowest BCUT2D eigenvalue weighted by molar-refractivity contribution is 0.625. The van der Waals surface area contributed by atoms with Crippen LogP contribution in [0.2, 0.25) is 0 Å². The molecule has 0 nitrogen and oxygen atoms in total. The van der Waals surface area contributed by atoms with Gasteiger partial charge in [0.15, 0.2) is 0 Å². The fourth-order valence-corrected chi connectivity index (χ4v) is 1.10. The topological polar surface area (TPSA) is 0 Å². The van der Waals surface area contributed by atoms with Gasteiger partial charge in [0.1, 0.15) is 5.82 Å². The number of alkyl halides is 1. The fraction of sp³-hybridized carbons (Fsp3) is 0.333. The van der Waals surface area contributed by atoms with Crippen LogP contribution in [0.3, 0.4) is 0 Å². The van der Waals surface area contributed by atoms with E-state index in [2.05, 4.69) is 0 Å². The lowest BCUT2D eigenvalue weighted by Gasteiger charge is -1.97. The van der Waals surface area contributed by atoms with E-state index in [1.165, 1.54) is 6.07 Å². The molecule has 0 unspecified atom stereocenters. The van der Waals surface area contributed by atoms with Crippen molar-refractivity contribution in [2.75, 3.05) is 5.88 Å². The molecule has 0 saturated carbocycles. The molecule has 2 heteroatoms. The van der Waals surface area contributed by atoms with Crippen molar-refractivity contribution in [2.45, 2.75) is 12.8 Å². The van der Waals surface area contributed by atoms with Crippen LogP contribution in [0.5, 0.6) is 0 Å². The molecular formula is C9H10ClF. The SMILES string of the molecule is Fc1cccc(CCCCl)c1. The average Bonchev–Trinajstić information content (AvgIpc) is 2.01. The highest BCUT2D eigenvalue weighted by Crippen LogP contribution is 2.06. The Bertz CT molecular complexity index is 223. The third-order valence-corrected chi connectivity index (χ3v) is 1.76. The second kappa shape index (κ2) is 4.35. The van der Waals surface area contributed by atoms with Crippen molar-refractivity contribution >= 4 is 11.6 Å². The first-order valence-corrected chi connectivity index (χ1v) is 4.17. The predicted octanol–water partition coefficient (Wildman–Crippen LogP) is 3.00. The van der Waals surface area contributed by atoms with Crippen LogP contribution in [0.4, 0.5) is 4.39 Å². The lowest BCUT2D eigenvalue weighted by Crippen LogP contribution is -1.86. The molecule has 0 fully saturated rings. The summed E-state index contributed by atoms with van der Waals surface area (Å²) in [7, 11) is 0. The first-order chi connectivity index (χ1) is 5.33. The van der Waals surface area contributed by atoms with Crippen molar-refractivity contribution in [2.24, 2.45) is 0 Å². The van der Waals surface area contributed by atoms with Crippen molar-refractivity contribution in [1.29, 1.82) is 0 Å². The van der Waals surface area contributed by atoms with Gasteiger partial charge in [0.25, 0.3) is 0 Å². The molecule has 0 aromatic heterocycles. The molecule has 0 N–H and O–H groups in total. The maximum Gasteiger partial charge on any atom is 0.123 e. The zero-order valence-corrected chi connectivity index (χ0v) is 6.94. The van der Waals surface area contributed by atoms with Crippen LogP contribution in [0, 0.1) is 5.82 Å². The Kier molecular flexibility index (Phi) is 3.37. The highest BCUT2D eigenvalue weighted by molar-refractivity contribution is 6.17. The molecule has 0 amide bonds. The van der Waals surface area contributed by atoms with E-state index in [0.717, 1.165) is 18.4 Å². The highest BCUT2D eigenvalue weighted by Gasteiger charge is 1.93. The largest absolute Gasteiger partial charge is 0.207 e. The molecular weight excluding hydrogens is 163 g/mol. The van der Waals surface area contributed by atoms with Crippen molar-refractivity contribution in [3.05, 3.63) is 35.6 Å². The average molecular weight is 173 g/mol. The Morgan fingerprint density at radius 3 is 2.82 bits per heavy atom. The Morgan fingerprint density at radius 2 is 2.18 bits per heavy atom. The number of aryl methyl sites for hydroxylation is 1. The van der Waals surface area contributed by atoms with E-state index in [-0.39, 0.29) is 5.82 Å². The summed E-state index contributed by atoms with van der Waals surface area (Å²) >= 11 is 5.50. The van der Waals surface area contributed by atoms with Gasteiger partial charge in [-0.1, -0.05) is 12.1 Å². The lowest BCUT2D eigenvalue weighted by atomic mass is 10.1. The van der Waals surface area contributed by atoms with Gasteiger partial charge in [-0.3, -0.25) is 0 Å². The second-order valence-corrected chi connectivity index (χ2v) is 2.80. The van der Waals surface area contributed by atoms with Gasteiger partial charge in [-0.15, -0.1) is 11.6 Å². The maximum atomic E-state index is 12.6. The summed E-state index contributed by atoms with van der Waals surface area (Å²) in [5, 5.41) is 0. The molecule has 1 rings (SSSR count). The quantitative estimate of drug-likeness (QED) is 0.615. The van der Waals surface area contributed by atoms with Gasteiger partial charge in [0, 0.05) is 5.88 Å². The third kappa shape index (κ3) is 2.89. The van der Waals surface area contributed by atoms with Crippen LogP contribution in [-0.4, -0.2) is 5.88 Å². The van der Waals surface area contributed by atoms with Gasteiger partial charge in [0.05, 0.1) is 0 Å². The van der Waals surface area contributed by atoms with E-state index < -0.39 is 0 Å². The molecule has 0 aliphatic heterocycles. The smallest absolute Gasteiger partial charge is 0.123 e. The van der Waals surface area contributed by atoms with Crippen molar-refractivity contribution in [3.63, 3.8) is 0 Å². The number of benzene rings is 1. The standard InChI is InChI=1S/C9H10ClF/c10-6-2-4-8-3-1-5-9(11)7-8/h1,3,5,7H,2,4,6H2. The molecule has 0 radical (unpaired) electrons. The molecule has 0 saturated heterocycles. The van der Waals surface area contributed by atoms with Gasteiger partial charge in [0.2, 0.25) is 0 Å². The normalized spacial score (nSPS) is 10.0. The molecule has 0 bridgehead atoms. The summed E-state index contributed by atoms with van der Waals surface area (Å²) in [5.74, 6) is 0.466. The Hall–Kier alpha value is -0.560. The summed E-state index contributed by atoms with van der Waals surface area (Å²) < 4.78 is 12.6. The zero-order chi connectivity index (χ0) is 8.10. The van der Waals surface area contributed by atoms with Gasteiger partial charge in [-0.25, -0.2) is 4.39 Å². The first-order valence-electron chi connectivity index (χ1n) is 3.63. The molecule has 0 spiro atoms. The Labute approximate surface area is 71.0 Å². The summed E-state index contributed by atoms with van der Waals surface area (Å²) in [6.07, 6.45) is 1.77. The minimum absolute atomic E-state index is 0.169. The van der Waals surface area contributed by atoms with Crippen LogP contribution in [0.25, 0.3) is 0 Å². The number of halogens is 2. The number of rotatable bonds is 3. The molecule has 1 aromatic rings. The molecule has 0 aliphatic rings. The van der Waals surface area contributed by atoms with E-state index in [4.69, 9.17) is 11.6 Å². The minimum Gasteiger partial charge on any atom is -0.207 e. The van der Waals surface area contributed by atoms with E-state index in [1.807, 2.05) is 6.07 Å². The molecule has 60 valence electrons. The van der Waals surface area contributed by atoms with Crippen molar-refractivity contribution in [3.8, 4) is 0 Å². The van der Waals surface area contributed by atoms with Crippen LogP contribution in [-0.2, 0) is 6.42 Å². The zero-order valence-electron chi connectivity index (χ0n) is 6.19. The van der Waals surface area contributed by atoms with Gasteiger partial charge < -0.3 is 0 Å². The van der Waals surface area contributed by atoms with Crippen LogP contribution in [0.1, 0.15) is 12.0 Å². The van der Waals surface area contributed by atoms with Gasteiger partial charge >= 0.3 is 0 Å². The summed E-state index contributed by atoms with van der Waals surface area (Å²) in [5.41, 5.74) is 1.02. The van der Waals surface area contributed by atoms with Crippen molar-refractivity contribution < 1.29 is 4.39 Å². The minimum atomic E-state index is -0.169. The number of hydrogen-bond donors (Lipinski definition) is 0. The van der Waals surface area contributed by atoms with Gasteiger partial charge in [-0.05, 0) is 30.5 Å². The monoisotopic (exact) mass is 172 g/mol. The van der Waals surface area contributed by atoms with Gasteiger partial charge in [-0.2, -0.15) is 0 Å². The number of hydrogen-bond acceptors (Lipinski definition) is 0. The fourth-order valence-electron chi connectivity index (χ4n) is 0.963. The summed E-state index contributed by atoms with van der Waals surface area (Å²) in [4.78, 5) is 0. The molecule has 1 aromatic carbocycles. The molecule has 0 aliphatic carbocycles. The van der Waals surface area contributed by atoms with Crippen LogP contribution < -0.4 is 0 Å². The van der Waals surface area contributed by atoms with E-state index in [1.54, 1.807) is 12.1 Å². The molecule has 11 heavy (non-hydrogen) atoms. The van der Waals surface area contributed by atoms with Crippen molar-refractivity contribution in [1.82, 2.24) is 0 Å². The van der Waals surface area contributed by atoms with E-state index in [9.17, 15) is 4.39 Å². The molecule has 0 heterocycles. The Morgan fingerprint density at radius 1 is 1.36 bits per heavy atom. The van der Waals surface area contributed by atoms with E-state index >= 15 is 0 Å².